The van der Waals surface area contributed by atoms with Crippen molar-refractivity contribution in [2.45, 2.75) is 32.4 Å². The second-order valence-electron chi connectivity index (χ2n) is 4.30. The zero-order chi connectivity index (χ0) is 15.0. The number of carbonyl (C=O) groups excluding carboxylic acids is 1. The summed E-state index contributed by atoms with van der Waals surface area (Å²) in [5.74, 6) is -0.0883. The number of hydrogen-bond acceptors (Lipinski definition) is 4. The molecule has 6 heteroatoms. The lowest BCUT2D eigenvalue weighted by atomic mass is 10.1. The van der Waals surface area contributed by atoms with Crippen LogP contribution < -0.4 is 10.1 Å². The number of esters is 1. The van der Waals surface area contributed by atoms with E-state index in [1.54, 1.807) is 12.1 Å². The molecule has 4 nitrogen and oxygen atoms in total. The van der Waals surface area contributed by atoms with E-state index < -0.39 is 6.61 Å². The van der Waals surface area contributed by atoms with E-state index in [0.29, 0.717) is 19.4 Å². The SMILES string of the molecule is COC(=O)CCCNC(C)c1ccc(OC(F)F)cc1. The van der Waals surface area contributed by atoms with Gasteiger partial charge in [0.05, 0.1) is 7.11 Å². The molecule has 1 aromatic rings. The van der Waals surface area contributed by atoms with Crippen LogP contribution in [0.15, 0.2) is 24.3 Å². The van der Waals surface area contributed by atoms with Crippen molar-refractivity contribution in [2.24, 2.45) is 0 Å². The average molecular weight is 287 g/mol. The van der Waals surface area contributed by atoms with Gasteiger partial charge in [-0.1, -0.05) is 12.1 Å². The van der Waals surface area contributed by atoms with Gasteiger partial charge in [-0.15, -0.1) is 0 Å². The molecule has 1 aromatic carbocycles. The van der Waals surface area contributed by atoms with Gasteiger partial charge in [0.15, 0.2) is 0 Å². The van der Waals surface area contributed by atoms with Crippen LogP contribution in [0.5, 0.6) is 5.75 Å². The Labute approximate surface area is 117 Å². The lowest BCUT2D eigenvalue weighted by molar-refractivity contribution is -0.140. The van der Waals surface area contributed by atoms with Crippen molar-refractivity contribution >= 4 is 5.97 Å². The van der Waals surface area contributed by atoms with E-state index in [1.165, 1.54) is 19.2 Å². The van der Waals surface area contributed by atoms with Gasteiger partial charge in [-0.05, 0) is 37.6 Å². The van der Waals surface area contributed by atoms with Crippen LogP contribution in [0, 0.1) is 0 Å². The number of halogens is 2. The summed E-state index contributed by atoms with van der Waals surface area (Å²) in [5.41, 5.74) is 0.963. The van der Waals surface area contributed by atoms with Crippen LogP contribution in [0.4, 0.5) is 8.78 Å². The molecule has 0 aliphatic rings. The first kappa shape index (κ1) is 16.4. The Morgan fingerprint density at radius 1 is 1.30 bits per heavy atom. The molecule has 0 amide bonds. The van der Waals surface area contributed by atoms with Crippen LogP contribution in [0.3, 0.4) is 0 Å². The molecular formula is C14H19F2NO3. The molecule has 1 unspecified atom stereocenters. The third kappa shape index (κ3) is 5.97. The molecule has 112 valence electrons. The van der Waals surface area contributed by atoms with Gasteiger partial charge in [0, 0.05) is 12.5 Å². The summed E-state index contributed by atoms with van der Waals surface area (Å²) in [6.07, 6.45) is 1.06. The zero-order valence-corrected chi connectivity index (χ0v) is 11.6. The van der Waals surface area contributed by atoms with Gasteiger partial charge in [-0.2, -0.15) is 8.78 Å². The Balaban J connectivity index is 2.35. The Morgan fingerprint density at radius 3 is 2.50 bits per heavy atom. The number of ether oxygens (including phenoxy) is 2. The van der Waals surface area contributed by atoms with Crippen LogP contribution in [0.25, 0.3) is 0 Å². The van der Waals surface area contributed by atoms with Crippen molar-refractivity contribution in [2.75, 3.05) is 13.7 Å². The molecule has 1 rings (SSSR count). The Morgan fingerprint density at radius 2 is 1.95 bits per heavy atom. The van der Waals surface area contributed by atoms with Crippen molar-refractivity contribution in [3.05, 3.63) is 29.8 Å². The predicted octanol–water partition coefficient (Wildman–Crippen LogP) is 2.89. The molecule has 20 heavy (non-hydrogen) atoms. The highest BCUT2D eigenvalue weighted by atomic mass is 19.3. The maximum atomic E-state index is 12.0. The van der Waals surface area contributed by atoms with Crippen molar-refractivity contribution in [1.29, 1.82) is 0 Å². The first-order valence-corrected chi connectivity index (χ1v) is 6.38. The van der Waals surface area contributed by atoms with Crippen LogP contribution in [0.2, 0.25) is 0 Å². The third-order valence-corrected chi connectivity index (χ3v) is 2.84. The number of hydrogen-bond donors (Lipinski definition) is 1. The summed E-state index contributed by atoms with van der Waals surface area (Å²) in [6, 6.07) is 6.54. The maximum Gasteiger partial charge on any atom is 0.387 e. The first-order chi connectivity index (χ1) is 9.52. The second-order valence-corrected chi connectivity index (χ2v) is 4.30. The lowest BCUT2D eigenvalue weighted by Gasteiger charge is -2.14. The van der Waals surface area contributed by atoms with Crippen molar-refractivity contribution in [3.8, 4) is 5.75 Å². The second kappa shape index (κ2) is 8.47. The van der Waals surface area contributed by atoms with Gasteiger partial charge in [0.2, 0.25) is 0 Å². The van der Waals surface area contributed by atoms with Crippen LogP contribution >= 0.6 is 0 Å². The van der Waals surface area contributed by atoms with Crippen LogP contribution in [-0.2, 0) is 9.53 Å². The minimum absolute atomic E-state index is 0.0632. The lowest BCUT2D eigenvalue weighted by Crippen LogP contribution is -2.20. The number of carbonyl (C=O) groups is 1. The Bertz CT molecular complexity index is 409. The van der Waals surface area contributed by atoms with Gasteiger partial charge in [-0.25, -0.2) is 0 Å². The minimum atomic E-state index is -2.81. The fourth-order valence-corrected chi connectivity index (χ4v) is 1.71. The molecule has 0 aliphatic heterocycles. The molecule has 0 bridgehead atoms. The summed E-state index contributed by atoms with van der Waals surface area (Å²) in [4.78, 5) is 10.9. The van der Waals surface area contributed by atoms with E-state index >= 15 is 0 Å². The maximum absolute atomic E-state index is 12.0. The van der Waals surface area contributed by atoms with Gasteiger partial charge in [0.25, 0.3) is 0 Å². The third-order valence-electron chi connectivity index (χ3n) is 2.84. The van der Waals surface area contributed by atoms with E-state index in [-0.39, 0.29) is 17.8 Å². The number of rotatable bonds is 8. The molecule has 0 saturated heterocycles. The fraction of sp³-hybridized carbons (Fsp3) is 0.500. The van der Waals surface area contributed by atoms with E-state index in [9.17, 15) is 13.6 Å². The standard InChI is InChI=1S/C14H19F2NO3/c1-10(17-9-3-4-13(18)19-2)11-5-7-12(8-6-11)20-14(15)16/h5-8,10,14,17H,3-4,9H2,1-2H3. The fourth-order valence-electron chi connectivity index (χ4n) is 1.71. The number of methoxy groups -OCH3 is 1. The highest BCUT2D eigenvalue weighted by Crippen LogP contribution is 2.19. The molecule has 0 saturated carbocycles. The van der Waals surface area contributed by atoms with Crippen molar-refractivity contribution < 1.29 is 23.0 Å². The summed E-state index contributed by atoms with van der Waals surface area (Å²) in [6.45, 7) is -0.179. The van der Waals surface area contributed by atoms with Gasteiger partial charge in [0.1, 0.15) is 5.75 Å². The highest BCUT2D eigenvalue weighted by molar-refractivity contribution is 5.69. The molecule has 1 atom stereocenters. The van der Waals surface area contributed by atoms with E-state index in [0.717, 1.165) is 5.56 Å². The zero-order valence-electron chi connectivity index (χ0n) is 11.6. The molecule has 0 aliphatic carbocycles. The normalized spacial score (nSPS) is 12.2. The van der Waals surface area contributed by atoms with E-state index in [4.69, 9.17) is 0 Å². The van der Waals surface area contributed by atoms with E-state index in [2.05, 4.69) is 14.8 Å². The summed E-state index contributed by atoms with van der Waals surface area (Å²) < 4.78 is 32.8. The number of alkyl halides is 2. The smallest absolute Gasteiger partial charge is 0.387 e. The summed E-state index contributed by atoms with van der Waals surface area (Å²) >= 11 is 0. The van der Waals surface area contributed by atoms with Crippen molar-refractivity contribution in [3.63, 3.8) is 0 Å². The van der Waals surface area contributed by atoms with Gasteiger partial charge in [-0.3, -0.25) is 4.79 Å². The molecule has 0 spiro atoms. The first-order valence-electron chi connectivity index (χ1n) is 6.38. The molecule has 0 aromatic heterocycles. The minimum Gasteiger partial charge on any atom is -0.469 e. The Hall–Kier alpha value is -1.69. The molecule has 0 fully saturated rings. The molecular weight excluding hydrogens is 268 g/mol. The van der Waals surface area contributed by atoms with Crippen molar-refractivity contribution in [1.82, 2.24) is 5.32 Å². The van der Waals surface area contributed by atoms with Gasteiger partial charge < -0.3 is 14.8 Å². The molecule has 0 radical (unpaired) electrons. The number of nitrogens with one attached hydrogen (secondary N) is 1. The predicted molar refractivity (Wildman–Crippen MR) is 70.7 cm³/mol. The monoisotopic (exact) mass is 287 g/mol. The number of benzene rings is 1. The topological polar surface area (TPSA) is 47.6 Å². The van der Waals surface area contributed by atoms with Gasteiger partial charge >= 0.3 is 12.6 Å². The Kier molecular flexibility index (Phi) is 6.93. The van der Waals surface area contributed by atoms with E-state index in [1.807, 2.05) is 6.92 Å². The molecule has 0 heterocycles. The quantitative estimate of drug-likeness (QED) is 0.590. The highest BCUT2D eigenvalue weighted by Gasteiger charge is 2.07. The van der Waals surface area contributed by atoms with Crippen LogP contribution in [-0.4, -0.2) is 26.2 Å². The average Bonchev–Trinajstić information content (AvgIpc) is 2.43. The summed E-state index contributed by atoms with van der Waals surface area (Å²) in [5, 5.41) is 3.24. The molecule has 1 N–H and O–H groups in total. The largest absolute Gasteiger partial charge is 0.469 e. The van der Waals surface area contributed by atoms with Crippen LogP contribution in [0.1, 0.15) is 31.4 Å². The summed E-state index contributed by atoms with van der Waals surface area (Å²) in [7, 11) is 1.36.